The van der Waals surface area contributed by atoms with E-state index in [0.717, 1.165) is 99.2 Å². The molecule has 0 saturated carbocycles. The SMILES string of the molecule is [C-]#[N+]c1ccccc1-c1ccc2c(c1)c1cc(-c3ccccc3C#N)ccc1n2-c1cc([N+]#[C-])c(-c2nc(-c3ccccc3)nc(-c3ccccc3)n2)cc1-n1c2ccc(-c3ccccc3C#N)cc2c2cc(-c3ccccc3[N+]#[C-])ccc21. The number of aromatic nitrogens is 5. The first-order valence-electron chi connectivity index (χ1n) is 27.0. The van der Waals surface area contributed by atoms with E-state index < -0.39 is 0 Å². The van der Waals surface area contributed by atoms with E-state index >= 15 is 0 Å². The molecule has 10 heteroatoms. The summed E-state index contributed by atoms with van der Waals surface area (Å²) >= 11 is 0. The lowest BCUT2D eigenvalue weighted by molar-refractivity contribution is 1.07. The number of nitriles is 2. The Balaban J connectivity index is 1.13. The van der Waals surface area contributed by atoms with Crippen molar-refractivity contribution < 1.29 is 0 Å². The minimum absolute atomic E-state index is 0.296. The van der Waals surface area contributed by atoms with Crippen molar-refractivity contribution in [1.29, 1.82) is 10.5 Å². The van der Waals surface area contributed by atoms with Crippen LogP contribution in [0.25, 0.3) is 148 Å². The van der Waals surface area contributed by atoms with Gasteiger partial charge in [-0.3, -0.25) is 0 Å². The molecule has 0 saturated heterocycles. The number of hydrogen-bond donors (Lipinski definition) is 0. The van der Waals surface area contributed by atoms with E-state index in [1.165, 1.54) is 0 Å². The number of hydrogen-bond acceptors (Lipinski definition) is 5. The van der Waals surface area contributed by atoms with Gasteiger partial charge in [0.2, 0.25) is 0 Å². The summed E-state index contributed by atoms with van der Waals surface area (Å²) in [6.45, 7) is 25.3. The maximum Gasteiger partial charge on any atom is 0.200 e. The van der Waals surface area contributed by atoms with E-state index in [4.69, 9.17) is 34.7 Å². The predicted molar refractivity (Wildman–Crippen MR) is 335 cm³/mol. The summed E-state index contributed by atoms with van der Waals surface area (Å²) in [4.78, 5) is 27.6. The van der Waals surface area contributed by atoms with Gasteiger partial charge in [-0.1, -0.05) is 170 Å². The van der Waals surface area contributed by atoms with Crippen molar-refractivity contribution in [1.82, 2.24) is 24.1 Å². The number of rotatable bonds is 9. The van der Waals surface area contributed by atoms with E-state index in [0.29, 0.717) is 62.6 Å². The number of benzene rings is 11. The number of fused-ring (bicyclic) bond motifs is 6. The molecule has 0 atom stereocenters. The van der Waals surface area contributed by atoms with Crippen LogP contribution in [0.5, 0.6) is 0 Å². The maximum atomic E-state index is 10.4. The second kappa shape index (κ2) is 20.6. The van der Waals surface area contributed by atoms with E-state index in [1.807, 2.05) is 188 Å². The molecule has 0 bridgehead atoms. The summed E-state index contributed by atoms with van der Waals surface area (Å²) < 4.78 is 4.44. The molecule has 0 aliphatic heterocycles. The Bertz CT molecular complexity index is 4980. The molecule has 0 spiro atoms. The molecule has 84 heavy (non-hydrogen) atoms. The third kappa shape index (κ3) is 8.35. The molecule has 10 nitrogen and oxygen atoms in total. The first-order chi connectivity index (χ1) is 41.4. The first-order valence-corrected chi connectivity index (χ1v) is 27.0. The molecule has 3 heterocycles. The van der Waals surface area contributed by atoms with Crippen molar-refractivity contribution in [2.45, 2.75) is 0 Å². The molecule has 0 aliphatic carbocycles. The van der Waals surface area contributed by atoms with E-state index in [1.54, 1.807) is 0 Å². The average molecular weight is 1070 g/mol. The molecular formula is C74H40N10. The summed E-state index contributed by atoms with van der Waals surface area (Å²) in [6.07, 6.45) is 0. The van der Waals surface area contributed by atoms with Gasteiger partial charge in [-0.25, -0.2) is 29.5 Å². The van der Waals surface area contributed by atoms with Crippen LogP contribution in [0, 0.1) is 42.4 Å². The fourth-order valence-corrected chi connectivity index (χ4v) is 11.7. The molecule has 0 radical (unpaired) electrons. The van der Waals surface area contributed by atoms with Crippen LogP contribution < -0.4 is 0 Å². The Labute approximate surface area is 483 Å². The van der Waals surface area contributed by atoms with Crippen molar-refractivity contribution in [3.63, 3.8) is 0 Å². The monoisotopic (exact) mass is 1070 g/mol. The van der Waals surface area contributed by atoms with Gasteiger partial charge >= 0.3 is 0 Å². The Morgan fingerprint density at radius 3 is 1.02 bits per heavy atom. The highest BCUT2D eigenvalue weighted by Crippen LogP contribution is 2.47. The number of para-hydroxylation sites is 2. The van der Waals surface area contributed by atoms with Crippen molar-refractivity contribution in [3.8, 4) is 102 Å². The zero-order valence-electron chi connectivity index (χ0n) is 44.6. The van der Waals surface area contributed by atoms with Crippen LogP contribution >= 0.6 is 0 Å². The fourth-order valence-electron chi connectivity index (χ4n) is 11.7. The van der Waals surface area contributed by atoms with E-state index in [-0.39, 0.29) is 0 Å². The minimum atomic E-state index is 0.296. The highest BCUT2D eigenvalue weighted by Gasteiger charge is 2.26. The average Bonchev–Trinajstić information content (AvgIpc) is 2.35. The summed E-state index contributed by atoms with van der Waals surface area (Å²) in [5, 5.41) is 24.3. The van der Waals surface area contributed by atoms with Gasteiger partial charge in [-0.2, -0.15) is 10.5 Å². The second-order valence-electron chi connectivity index (χ2n) is 20.2. The lowest BCUT2D eigenvalue weighted by Gasteiger charge is -2.20. The van der Waals surface area contributed by atoms with Gasteiger partial charge in [0.25, 0.3) is 0 Å². The van der Waals surface area contributed by atoms with E-state index in [2.05, 4.69) is 90.4 Å². The van der Waals surface area contributed by atoms with Crippen molar-refractivity contribution in [2.75, 3.05) is 0 Å². The molecular weight excluding hydrogens is 1030 g/mol. The standard InChI is InChI=1S/C74H40N10/c1-77-63-28-16-14-26-56(63)50-32-36-67-60(40-50)58-38-48(54-24-12-10-22-52(54)44-75)30-34-66(58)83(67)70-42-62(74-81-72(46-18-6-4-7-19-46)80-73(82-74)47-20-8-5-9-21-47)65(79-3)43-71(70)84-68-35-31-49(55-25-13-11-23-53(55)45-76)39-59(68)61-41-51(33-37-69(61)84)57-27-15-17-29-64(57)78-2/h4-43H. The third-order valence-electron chi connectivity index (χ3n) is 15.6. The molecule has 0 unspecified atom stereocenters. The second-order valence-corrected chi connectivity index (χ2v) is 20.2. The zero-order valence-corrected chi connectivity index (χ0v) is 44.6. The van der Waals surface area contributed by atoms with Gasteiger partial charge in [-0.15, -0.1) is 0 Å². The van der Waals surface area contributed by atoms with Crippen molar-refractivity contribution in [3.05, 3.63) is 288 Å². The zero-order chi connectivity index (χ0) is 56.8. The molecule has 386 valence electrons. The number of nitrogens with zero attached hydrogens (tertiary/aromatic N) is 10. The van der Waals surface area contributed by atoms with Crippen LogP contribution in [0.1, 0.15) is 11.1 Å². The minimum Gasteiger partial charge on any atom is -0.308 e. The predicted octanol–water partition coefficient (Wildman–Crippen LogP) is 19.1. The molecule has 3 aromatic heterocycles. The molecule has 0 amide bonds. The lowest BCUT2D eigenvalue weighted by Crippen LogP contribution is -2.06. The first kappa shape index (κ1) is 49.8. The molecule has 14 rings (SSSR count). The summed E-state index contributed by atoms with van der Waals surface area (Å²) in [6, 6.07) is 83.7. The van der Waals surface area contributed by atoms with Gasteiger partial charge < -0.3 is 9.13 Å². The van der Waals surface area contributed by atoms with Crippen molar-refractivity contribution in [2.24, 2.45) is 0 Å². The van der Waals surface area contributed by atoms with Gasteiger partial charge in [-0.05, 0) is 117 Å². The highest BCUT2D eigenvalue weighted by molar-refractivity contribution is 6.15. The molecule has 14 aromatic rings. The normalized spacial score (nSPS) is 11.0. The van der Waals surface area contributed by atoms with Gasteiger partial charge in [0.1, 0.15) is 0 Å². The van der Waals surface area contributed by atoms with Crippen molar-refractivity contribution >= 4 is 60.7 Å². The Hall–Kier alpha value is -12.5. The molecule has 11 aromatic carbocycles. The topological polar surface area (TPSA) is 109 Å². The molecule has 0 fully saturated rings. The fraction of sp³-hybridized carbons (Fsp3) is 0. The van der Waals surface area contributed by atoms with Crippen LogP contribution in [0.2, 0.25) is 0 Å². The Kier molecular flexibility index (Phi) is 12.2. The smallest absolute Gasteiger partial charge is 0.200 e. The summed E-state index contributed by atoms with van der Waals surface area (Å²) in [7, 11) is 0. The highest BCUT2D eigenvalue weighted by atomic mass is 15.1. The van der Waals surface area contributed by atoms with Crippen LogP contribution in [0.15, 0.2) is 243 Å². The maximum absolute atomic E-state index is 10.4. The Morgan fingerprint density at radius 2 is 0.631 bits per heavy atom. The van der Waals surface area contributed by atoms with Crippen LogP contribution in [0.4, 0.5) is 17.1 Å². The van der Waals surface area contributed by atoms with Gasteiger partial charge in [0.05, 0.1) is 76.4 Å². The van der Waals surface area contributed by atoms with Crippen LogP contribution in [0.3, 0.4) is 0 Å². The lowest BCUT2D eigenvalue weighted by atomic mass is 9.97. The van der Waals surface area contributed by atoms with Gasteiger partial charge in [0.15, 0.2) is 34.5 Å². The summed E-state index contributed by atoms with van der Waals surface area (Å²) in [5.41, 5.74) is 15.8. The largest absolute Gasteiger partial charge is 0.308 e. The summed E-state index contributed by atoms with van der Waals surface area (Å²) in [5.74, 6) is 1.20. The van der Waals surface area contributed by atoms with Crippen LogP contribution in [-0.2, 0) is 0 Å². The van der Waals surface area contributed by atoms with Crippen LogP contribution in [-0.4, -0.2) is 24.1 Å². The quantitative estimate of drug-likeness (QED) is 0.134. The molecule has 0 aliphatic rings. The van der Waals surface area contributed by atoms with E-state index in [9.17, 15) is 10.5 Å². The Morgan fingerprint density at radius 1 is 0.298 bits per heavy atom. The molecule has 0 N–H and O–H groups in total. The third-order valence-corrected chi connectivity index (χ3v) is 15.6. The van der Waals surface area contributed by atoms with Gasteiger partial charge in [0, 0.05) is 38.2 Å².